The van der Waals surface area contributed by atoms with E-state index in [0.717, 1.165) is 24.3 Å². The quantitative estimate of drug-likeness (QED) is 0.237. The van der Waals surface area contributed by atoms with Crippen molar-refractivity contribution in [1.82, 2.24) is 4.90 Å². The smallest absolute Gasteiger partial charge is 0.430 e. The van der Waals surface area contributed by atoms with Gasteiger partial charge in [-0.1, -0.05) is 12.1 Å². The normalized spacial score (nSPS) is 24.4. The number of carboxylic acids is 1. The Balaban J connectivity index is 1.57. The topological polar surface area (TPSA) is 101 Å². The molecule has 2 aliphatic carbocycles. The molecule has 3 fully saturated rings. The van der Waals surface area contributed by atoms with Crippen molar-refractivity contribution >= 4 is 21.7 Å². The summed E-state index contributed by atoms with van der Waals surface area (Å²) in [5.74, 6) is -6.20. The second-order valence-electron chi connectivity index (χ2n) is 12.5. The van der Waals surface area contributed by atoms with E-state index in [0.29, 0.717) is 25.0 Å². The van der Waals surface area contributed by atoms with Gasteiger partial charge in [0, 0.05) is 24.6 Å². The van der Waals surface area contributed by atoms with Gasteiger partial charge in [0.2, 0.25) is 5.91 Å². The van der Waals surface area contributed by atoms with Gasteiger partial charge in [-0.3, -0.25) is 9.59 Å². The highest BCUT2D eigenvalue weighted by Crippen LogP contribution is 2.55. The highest BCUT2D eigenvalue weighted by atomic mass is 32.2. The van der Waals surface area contributed by atoms with Crippen LogP contribution in [0.1, 0.15) is 56.1 Å². The molecule has 2 aromatic carbocycles. The maximum Gasteiger partial charge on any atom is 0.430 e. The molecule has 1 unspecified atom stereocenters. The zero-order valence-electron chi connectivity index (χ0n) is 24.7. The molecule has 16 heteroatoms. The number of aliphatic carboxylic acids is 1. The lowest BCUT2D eigenvalue weighted by molar-refractivity contribution is -0.391. The molecular weight excluding hydrogens is 666 g/mol. The van der Waals surface area contributed by atoms with E-state index < -0.39 is 109 Å². The van der Waals surface area contributed by atoms with Crippen molar-refractivity contribution in [2.75, 3.05) is 19.7 Å². The Labute approximate surface area is 264 Å². The predicted molar refractivity (Wildman–Crippen MR) is 148 cm³/mol. The SMILES string of the molecule is O=C(O)C1CCC(C(=O)N2CCC(c3ccc(C(OCC4CC4)(C(F)(F)F)C(F)(F)F)c(F)c3)(S(=O)(=O)c3ccc(F)cc3)C2)CC1. The summed E-state index contributed by atoms with van der Waals surface area (Å²) in [6.07, 6.45) is -11.2. The summed E-state index contributed by atoms with van der Waals surface area (Å²) in [7, 11) is -4.70. The first-order valence-electron chi connectivity index (χ1n) is 14.9. The average molecular weight is 698 g/mol. The molecule has 2 aromatic rings. The largest absolute Gasteiger partial charge is 0.481 e. The number of nitrogens with zero attached hydrogens (tertiary/aromatic N) is 1. The molecule has 1 saturated heterocycles. The number of benzene rings is 2. The van der Waals surface area contributed by atoms with Crippen LogP contribution in [0.5, 0.6) is 0 Å². The molecule has 1 aliphatic heterocycles. The minimum absolute atomic E-state index is 0.200. The Morgan fingerprint density at radius 1 is 0.872 bits per heavy atom. The van der Waals surface area contributed by atoms with E-state index in [1.54, 1.807) is 0 Å². The fourth-order valence-corrected chi connectivity index (χ4v) is 8.65. The third-order valence-electron chi connectivity index (χ3n) is 9.51. The first-order chi connectivity index (χ1) is 21.8. The number of amides is 1. The molecule has 2 saturated carbocycles. The van der Waals surface area contributed by atoms with Crippen LogP contribution >= 0.6 is 0 Å². The van der Waals surface area contributed by atoms with Gasteiger partial charge in [0.25, 0.3) is 5.60 Å². The first kappa shape index (κ1) is 35.0. The number of carbonyl (C=O) groups is 2. The zero-order valence-corrected chi connectivity index (χ0v) is 25.5. The van der Waals surface area contributed by atoms with Gasteiger partial charge in [-0.15, -0.1) is 0 Å². The maximum absolute atomic E-state index is 15.8. The summed E-state index contributed by atoms with van der Waals surface area (Å²) < 4.78 is 146. The molecule has 1 heterocycles. The minimum Gasteiger partial charge on any atom is -0.481 e. The van der Waals surface area contributed by atoms with Crippen LogP contribution in [0.3, 0.4) is 0 Å². The van der Waals surface area contributed by atoms with Crippen molar-refractivity contribution < 1.29 is 63.0 Å². The van der Waals surface area contributed by atoms with Crippen LogP contribution in [0.15, 0.2) is 47.4 Å². The molecule has 1 atom stereocenters. The predicted octanol–water partition coefficient (Wildman–Crippen LogP) is 6.50. The van der Waals surface area contributed by atoms with Gasteiger partial charge in [-0.25, -0.2) is 17.2 Å². The summed E-state index contributed by atoms with van der Waals surface area (Å²) in [6, 6.07) is 4.69. The lowest BCUT2D eigenvalue weighted by atomic mass is 9.81. The van der Waals surface area contributed by atoms with E-state index in [1.165, 1.54) is 4.90 Å². The van der Waals surface area contributed by atoms with Crippen LogP contribution in [0, 0.1) is 29.4 Å². The van der Waals surface area contributed by atoms with Crippen LogP contribution < -0.4 is 0 Å². The highest BCUT2D eigenvalue weighted by Gasteiger charge is 2.74. The molecule has 0 spiro atoms. The average Bonchev–Trinajstić information content (AvgIpc) is 3.71. The van der Waals surface area contributed by atoms with Gasteiger partial charge in [0.15, 0.2) is 9.84 Å². The summed E-state index contributed by atoms with van der Waals surface area (Å²) >= 11 is 0. The summed E-state index contributed by atoms with van der Waals surface area (Å²) in [4.78, 5) is 25.5. The Morgan fingerprint density at radius 3 is 1.96 bits per heavy atom. The maximum atomic E-state index is 15.8. The number of halogens is 8. The van der Waals surface area contributed by atoms with Gasteiger partial charge >= 0.3 is 18.3 Å². The molecular formula is C31H31F8NO6S. The van der Waals surface area contributed by atoms with Crippen LogP contribution in [-0.4, -0.2) is 62.3 Å². The number of hydrogen-bond donors (Lipinski definition) is 1. The second kappa shape index (κ2) is 12.3. The summed E-state index contributed by atoms with van der Waals surface area (Å²) in [5.41, 5.74) is -7.44. The van der Waals surface area contributed by atoms with E-state index in [1.807, 2.05) is 0 Å². The minimum atomic E-state index is -6.16. The van der Waals surface area contributed by atoms with Gasteiger partial charge in [0.1, 0.15) is 16.4 Å². The molecule has 5 rings (SSSR count). The Morgan fingerprint density at radius 2 is 1.45 bits per heavy atom. The highest BCUT2D eigenvalue weighted by molar-refractivity contribution is 7.92. The molecule has 258 valence electrons. The molecule has 0 aromatic heterocycles. The number of ether oxygens (including phenoxy) is 1. The molecule has 47 heavy (non-hydrogen) atoms. The van der Waals surface area contributed by atoms with E-state index in [2.05, 4.69) is 4.74 Å². The van der Waals surface area contributed by atoms with Crippen LogP contribution in [0.25, 0.3) is 0 Å². The Hall–Kier alpha value is -3.27. The lowest BCUT2D eigenvalue weighted by Crippen LogP contribution is -2.56. The standard InChI is InChI=1S/C31H31F8NO6S/c32-22-8-10-23(11-9-22)47(44,45)28(13-14-40(17-28)26(41)19-3-5-20(6-4-19)27(42)43)21-7-12-24(25(33)15-21)29(30(34,35)36,31(37,38)39)46-16-18-1-2-18/h7-12,15,18-20H,1-6,13-14,16-17H2,(H,42,43). The van der Waals surface area contributed by atoms with Crippen LogP contribution in [-0.2, 0) is 34.5 Å². The number of carboxylic acid groups (broad SMARTS) is 1. The van der Waals surface area contributed by atoms with Crippen molar-refractivity contribution in [1.29, 1.82) is 0 Å². The van der Waals surface area contributed by atoms with Crippen molar-refractivity contribution in [3.8, 4) is 0 Å². The number of alkyl halides is 6. The van der Waals surface area contributed by atoms with Gasteiger partial charge in [-0.05, 0) is 86.8 Å². The zero-order chi connectivity index (χ0) is 34.6. The first-order valence-corrected chi connectivity index (χ1v) is 16.4. The van der Waals surface area contributed by atoms with E-state index in [4.69, 9.17) is 0 Å². The number of likely N-dealkylation sites (tertiary alicyclic amines) is 1. The fraction of sp³-hybridized carbons (Fsp3) is 0.548. The number of sulfone groups is 1. The van der Waals surface area contributed by atoms with Crippen molar-refractivity contribution in [2.24, 2.45) is 17.8 Å². The number of hydrogen-bond acceptors (Lipinski definition) is 5. The van der Waals surface area contributed by atoms with Crippen molar-refractivity contribution in [3.05, 3.63) is 65.2 Å². The monoisotopic (exact) mass is 697 g/mol. The van der Waals surface area contributed by atoms with E-state index in [-0.39, 0.29) is 38.3 Å². The Kier molecular flexibility index (Phi) is 9.18. The third-order valence-corrected chi connectivity index (χ3v) is 12.0. The molecule has 0 radical (unpaired) electrons. The van der Waals surface area contributed by atoms with Crippen LogP contribution in [0.2, 0.25) is 0 Å². The summed E-state index contributed by atoms with van der Waals surface area (Å²) in [6.45, 7) is -1.79. The summed E-state index contributed by atoms with van der Waals surface area (Å²) in [5, 5.41) is 9.27. The van der Waals surface area contributed by atoms with Crippen LogP contribution in [0.4, 0.5) is 35.1 Å². The third kappa shape index (κ3) is 6.22. The Bertz CT molecular complexity index is 1600. The lowest BCUT2D eigenvalue weighted by Gasteiger charge is -2.38. The molecule has 1 N–H and O–H groups in total. The number of rotatable bonds is 9. The fourth-order valence-electron chi connectivity index (χ4n) is 6.58. The molecule has 1 amide bonds. The van der Waals surface area contributed by atoms with Crippen molar-refractivity contribution in [3.63, 3.8) is 0 Å². The van der Waals surface area contributed by atoms with Gasteiger partial charge in [0.05, 0.1) is 17.4 Å². The van der Waals surface area contributed by atoms with E-state index >= 15 is 4.39 Å². The molecule has 0 bridgehead atoms. The number of carbonyl (C=O) groups excluding carboxylic acids is 1. The molecule has 3 aliphatic rings. The van der Waals surface area contributed by atoms with Crippen molar-refractivity contribution in [2.45, 2.75) is 72.5 Å². The second-order valence-corrected chi connectivity index (χ2v) is 14.7. The van der Waals surface area contributed by atoms with Gasteiger partial charge < -0.3 is 14.7 Å². The van der Waals surface area contributed by atoms with Gasteiger partial charge in [-0.2, -0.15) is 26.3 Å². The van der Waals surface area contributed by atoms with E-state index in [9.17, 15) is 53.8 Å². The molecule has 7 nitrogen and oxygen atoms in total.